The lowest BCUT2D eigenvalue weighted by atomic mass is 10.1. The van der Waals surface area contributed by atoms with Gasteiger partial charge in [0.15, 0.2) is 0 Å². The van der Waals surface area contributed by atoms with Crippen molar-refractivity contribution in [1.29, 1.82) is 0 Å². The Bertz CT molecular complexity index is 152. The standard InChI is InChI=1S/C8H15F3N2/c1-13(6-8(9,10)11)5-7-2-3-12-4-7/h7,12H,2-6H2,1H3. The Morgan fingerprint density at radius 1 is 1.46 bits per heavy atom. The van der Waals surface area contributed by atoms with E-state index in [0.29, 0.717) is 12.5 Å². The lowest BCUT2D eigenvalue weighted by Crippen LogP contribution is -2.35. The summed E-state index contributed by atoms with van der Waals surface area (Å²) in [5.41, 5.74) is 0. The van der Waals surface area contributed by atoms with Gasteiger partial charge in [0, 0.05) is 6.54 Å². The Hall–Kier alpha value is -0.290. The Morgan fingerprint density at radius 3 is 2.62 bits per heavy atom. The molecule has 0 bridgehead atoms. The molecular formula is C8H15F3N2. The SMILES string of the molecule is CN(CC1CCNC1)CC(F)(F)F. The molecular weight excluding hydrogens is 181 g/mol. The van der Waals surface area contributed by atoms with Crippen LogP contribution in [-0.2, 0) is 0 Å². The highest BCUT2D eigenvalue weighted by molar-refractivity contribution is 4.74. The van der Waals surface area contributed by atoms with E-state index in [1.807, 2.05) is 0 Å². The van der Waals surface area contributed by atoms with Crippen molar-refractivity contribution in [1.82, 2.24) is 10.2 Å². The van der Waals surface area contributed by atoms with Crippen molar-refractivity contribution in [2.24, 2.45) is 5.92 Å². The summed E-state index contributed by atoms with van der Waals surface area (Å²) in [5.74, 6) is 0.382. The summed E-state index contributed by atoms with van der Waals surface area (Å²) in [6, 6.07) is 0. The third-order valence-electron chi connectivity index (χ3n) is 2.18. The molecule has 1 aliphatic rings. The van der Waals surface area contributed by atoms with Gasteiger partial charge in [-0.3, -0.25) is 4.90 Å². The summed E-state index contributed by atoms with van der Waals surface area (Å²) < 4.78 is 35.8. The van der Waals surface area contributed by atoms with Crippen LogP contribution >= 0.6 is 0 Å². The Labute approximate surface area is 76.1 Å². The molecule has 1 fully saturated rings. The molecule has 1 N–H and O–H groups in total. The van der Waals surface area contributed by atoms with Gasteiger partial charge in [0.05, 0.1) is 6.54 Å². The van der Waals surface area contributed by atoms with Crippen LogP contribution in [-0.4, -0.2) is 44.3 Å². The van der Waals surface area contributed by atoms with Crippen LogP contribution in [0.15, 0.2) is 0 Å². The van der Waals surface area contributed by atoms with Crippen LogP contribution in [0.25, 0.3) is 0 Å². The van der Waals surface area contributed by atoms with Gasteiger partial charge in [-0.2, -0.15) is 13.2 Å². The molecule has 1 saturated heterocycles. The lowest BCUT2D eigenvalue weighted by molar-refractivity contribution is -0.143. The van der Waals surface area contributed by atoms with Gasteiger partial charge in [-0.05, 0) is 32.5 Å². The largest absolute Gasteiger partial charge is 0.401 e. The maximum Gasteiger partial charge on any atom is 0.401 e. The van der Waals surface area contributed by atoms with Gasteiger partial charge < -0.3 is 5.32 Å². The van der Waals surface area contributed by atoms with Crippen molar-refractivity contribution in [2.45, 2.75) is 12.6 Å². The maximum atomic E-state index is 11.9. The molecule has 0 aliphatic carbocycles. The second-order valence-corrected chi connectivity index (χ2v) is 3.67. The van der Waals surface area contributed by atoms with Gasteiger partial charge in [0.2, 0.25) is 0 Å². The van der Waals surface area contributed by atoms with Crippen molar-refractivity contribution in [3.63, 3.8) is 0 Å². The molecule has 1 heterocycles. The summed E-state index contributed by atoms with van der Waals surface area (Å²) in [6.45, 7) is 1.52. The number of hydrogen-bond donors (Lipinski definition) is 1. The van der Waals surface area contributed by atoms with Crippen molar-refractivity contribution in [3.05, 3.63) is 0 Å². The first-order valence-corrected chi connectivity index (χ1v) is 4.43. The first-order valence-electron chi connectivity index (χ1n) is 4.43. The number of alkyl halides is 3. The van der Waals surface area contributed by atoms with Crippen LogP contribution in [0, 0.1) is 5.92 Å². The number of nitrogens with zero attached hydrogens (tertiary/aromatic N) is 1. The molecule has 0 aromatic rings. The zero-order chi connectivity index (χ0) is 9.90. The van der Waals surface area contributed by atoms with E-state index in [4.69, 9.17) is 0 Å². The molecule has 5 heteroatoms. The molecule has 78 valence electrons. The zero-order valence-electron chi connectivity index (χ0n) is 7.69. The summed E-state index contributed by atoms with van der Waals surface area (Å²) >= 11 is 0. The Balaban J connectivity index is 2.20. The van der Waals surface area contributed by atoms with Gasteiger partial charge in [-0.25, -0.2) is 0 Å². The minimum atomic E-state index is -4.07. The van der Waals surface area contributed by atoms with Gasteiger partial charge in [0.1, 0.15) is 0 Å². The summed E-state index contributed by atoms with van der Waals surface area (Å²) in [4.78, 5) is 1.34. The summed E-state index contributed by atoms with van der Waals surface area (Å²) in [5, 5.41) is 3.13. The molecule has 1 rings (SSSR count). The van der Waals surface area contributed by atoms with Gasteiger partial charge in [-0.15, -0.1) is 0 Å². The van der Waals surface area contributed by atoms with E-state index < -0.39 is 12.7 Å². The molecule has 0 spiro atoms. The fraction of sp³-hybridized carbons (Fsp3) is 1.00. The summed E-state index contributed by atoms with van der Waals surface area (Å²) in [7, 11) is 1.52. The van der Waals surface area contributed by atoms with E-state index in [0.717, 1.165) is 19.5 Å². The normalized spacial score (nSPS) is 24.2. The highest BCUT2D eigenvalue weighted by Gasteiger charge is 2.30. The molecule has 0 aromatic heterocycles. The highest BCUT2D eigenvalue weighted by atomic mass is 19.4. The second kappa shape index (κ2) is 4.28. The zero-order valence-corrected chi connectivity index (χ0v) is 7.69. The fourth-order valence-corrected chi connectivity index (χ4v) is 1.68. The minimum absolute atomic E-state index is 0.382. The van der Waals surface area contributed by atoms with Crippen molar-refractivity contribution in [3.8, 4) is 0 Å². The third-order valence-corrected chi connectivity index (χ3v) is 2.18. The molecule has 1 atom stereocenters. The fourth-order valence-electron chi connectivity index (χ4n) is 1.68. The molecule has 0 amide bonds. The molecule has 1 unspecified atom stereocenters. The predicted molar refractivity (Wildman–Crippen MR) is 44.5 cm³/mol. The van der Waals surface area contributed by atoms with Crippen LogP contribution in [0.4, 0.5) is 13.2 Å². The lowest BCUT2D eigenvalue weighted by Gasteiger charge is -2.21. The topological polar surface area (TPSA) is 15.3 Å². The molecule has 0 aromatic carbocycles. The Morgan fingerprint density at radius 2 is 2.15 bits per heavy atom. The smallest absolute Gasteiger partial charge is 0.316 e. The predicted octanol–water partition coefficient (Wildman–Crippen LogP) is 1.09. The van der Waals surface area contributed by atoms with E-state index in [-0.39, 0.29) is 0 Å². The van der Waals surface area contributed by atoms with Gasteiger partial charge >= 0.3 is 6.18 Å². The van der Waals surface area contributed by atoms with Crippen LogP contribution in [0.3, 0.4) is 0 Å². The molecule has 2 nitrogen and oxygen atoms in total. The van der Waals surface area contributed by atoms with Crippen molar-refractivity contribution in [2.75, 3.05) is 33.2 Å². The molecule has 0 radical (unpaired) electrons. The third kappa shape index (κ3) is 4.47. The molecule has 0 saturated carbocycles. The van der Waals surface area contributed by atoms with Crippen molar-refractivity contribution < 1.29 is 13.2 Å². The monoisotopic (exact) mass is 196 g/mol. The molecule has 13 heavy (non-hydrogen) atoms. The highest BCUT2D eigenvalue weighted by Crippen LogP contribution is 2.17. The second-order valence-electron chi connectivity index (χ2n) is 3.67. The average molecular weight is 196 g/mol. The Kier molecular flexibility index (Phi) is 3.55. The van der Waals surface area contributed by atoms with E-state index >= 15 is 0 Å². The summed E-state index contributed by atoms with van der Waals surface area (Å²) in [6.07, 6.45) is -3.08. The first kappa shape index (κ1) is 10.8. The quantitative estimate of drug-likeness (QED) is 0.727. The average Bonchev–Trinajstić information content (AvgIpc) is 2.34. The van der Waals surface area contributed by atoms with Crippen LogP contribution in [0.5, 0.6) is 0 Å². The number of halogens is 3. The maximum absolute atomic E-state index is 11.9. The van der Waals surface area contributed by atoms with Crippen LogP contribution < -0.4 is 5.32 Å². The minimum Gasteiger partial charge on any atom is -0.316 e. The number of nitrogens with one attached hydrogen (secondary N) is 1. The number of hydrogen-bond acceptors (Lipinski definition) is 2. The van der Waals surface area contributed by atoms with E-state index in [1.54, 1.807) is 0 Å². The number of rotatable bonds is 3. The van der Waals surface area contributed by atoms with E-state index in [2.05, 4.69) is 5.32 Å². The van der Waals surface area contributed by atoms with Crippen LogP contribution in [0.2, 0.25) is 0 Å². The molecule has 1 aliphatic heterocycles. The van der Waals surface area contributed by atoms with E-state index in [9.17, 15) is 13.2 Å². The van der Waals surface area contributed by atoms with E-state index in [1.165, 1.54) is 11.9 Å². The van der Waals surface area contributed by atoms with Crippen LogP contribution in [0.1, 0.15) is 6.42 Å². The van der Waals surface area contributed by atoms with Gasteiger partial charge in [-0.1, -0.05) is 0 Å². The first-order chi connectivity index (χ1) is 5.97. The van der Waals surface area contributed by atoms with Gasteiger partial charge in [0.25, 0.3) is 0 Å². The van der Waals surface area contributed by atoms with Crippen molar-refractivity contribution >= 4 is 0 Å².